The molecule has 7 nitrogen and oxygen atoms in total. The summed E-state index contributed by atoms with van der Waals surface area (Å²) in [5.41, 5.74) is 3.07. The number of carbonyl (C=O) groups is 1. The van der Waals surface area contributed by atoms with Crippen LogP contribution in [0.15, 0.2) is 60.0 Å². The van der Waals surface area contributed by atoms with Crippen LogP contribution in [0.25, 0.3) is 16.4 Å². The minimum Gasteiger partial charge on any atom is -0.493 e. The number of para-hydroxylation sites is 1. The van der Waals surface area contributed by atoms with Gasteiger partial charge in [-0.1, -0.05) is 24.3 Å². The SMILES string of the molecule is COc1cc2c(cc1OC)CN(C(=O)c1nc(-c3cccs3)n(-c3ccccc3)n1)CC2. The van der Waals surface area contributed by atoms with Crippen LogP contribution in [0.4, 0.5) is 0 Å². The van der Waals surface area contributed by atoms with E-state index in [1.807, 2.05) is 60.0 Å². The van der Waals surface area contributed by atoms with E-state index in [1.165, 1.54) is 0 Å². The fraction of sp³-hybridized carbons (Fsp3) is 0.208. The average molecular weight is 447 g/mol. The maximum absolute atomic E-state index is 13.4. The molecule has 3 heterocycles. The Morgan fingerprint density at radius 3 is 2.44 bits per heavy atom. The number of amides is 1. The molecule has 1 aliphatic heterocycles. The summed E-state index contributed by atoms with van der Waals surface area (Å²) in [6.07, 6.45) is 0.735. The molecule has 0 saturated carbocycles. The van der Waals surface area contributed by atoms with E-state index in [2.05, 4.69) is 10.1 Å². The zero-order chi connectivity index (χ0) is 22.1. The van der Waals surface area contributed by atoms with Crippen molar-refractivity contribution in [3.8, 4) is 27.9 Å². The van der Waals surface area contributed by atoms with Crippen molar-refractivity contribution in [2.45, 2.75) is 13.0 Å². The van der Waals surface area contributed by atoms with Crippen LogP contribution in [0.2, 0.25) is 0 Å². The van der Waals surface area contributed by atoms with Crippen LogP contribution in [-0.2, 0) is 13.0 Å². The second-order valence-electron chi connectivity index (χ2n) is 7.44. The van der Waals surface area contributed by atoms with Gasteiger partial charge in [0.05, 0.1) is 24.8 Å². The summed E-state index contributed by atoms with van der Waals surface area (Å²) >= 11 is 1.57. The van der Waals surface area contributed by atoms with Gasteiger partial charge in [-0.05, 0) is 53.3 Å². The van der Waals surface area contributed by atoms with Gasteiger partial charge in [0.1, 0.15) is 0 Å². The molecule has 1 amide bonds. The molecule has 8 heteroatoms. The lowest BCUT2D eigenvalue weighted by atomic mass is 9.98. The molecule has 0 unspecified atom stereocenters. The third-order valence-electron chi connectivity index (χ3n) is 5.55. The molecule has 32 heavy (non-hydrogen) atoms. The Kier molecular flexibility index (Phi) is 5.36. The maximum atomic E-state index is 13.4. The first kappa shape index (κ1) is 20.3. The van der Waals surface area contributed by atoms with Crippen molar-refractivity contribution < 1.29 is 14.3 Å². The third kappa shape index (κ3) is 3.62. The van der Waals surface area contributed by atoms with Crippen LogP contribution in [0.1, 0.15) is 21.7 Å². The largest absolute Gasteiger partial charge is 0.493 e. The van der Waals surface area contributed by atoms with Crippen molar-refractivity contribution in [3.05, 3.63) is 76.9 Å². The highest BCUT2D eigenvalue weighted by Crippen LogP contribution is 2.33. The van der Waals surface area contributed by atoms with E-state index in [9.17, 15) is 4.79 Å². The lowest BCUT2D eigenvalue weighted by Crippen LogP contribution is -2.36. The molecule has 0 spiro atoms. The Labute approximate surface area is 189 Å². The van der Waals surface area contributed by atoms with Crippen LogP contribution in [0, 0.1) is 0 Å². The van der Waals surface area contributed by atoms with Gasteiger partial charge in [0.2, 0.25) is 5.82 Å². The van der Waals surface area contributed by atoms with Gasteiger partial charge in [0.15, 0.2) is 17.3 Å². The number of methoxy groups -OCH3 is 2. The number of hydrogen-bond acceptors (Lipinski definition) is 6. The number of nitrogens with zero attached hydrogens (tertiary/aromatic N) is 4. The van der Waals surface area contributed by atoms with E-state index < -0.39 is 0 Å². The molecule has 1 aliphatic rings. The van der Waals surface area contributed by atoms with Gasteiger partial charge in [-0.2, -0.15) is 0 Å². The second-order valence-corrected chi connectivity index (χ2v) is 8.38. The molecule has 2 aromatic carbocycles. The first-order chi connectivity index (χ1) is 15.7. The number of rotatable bonds is 5. The van der Waals surface area contributed by atoms with Crippen molar-refractivity contribution in [1.82, 2.24) is 19.7 Å². The molecule has 0 radical (unpaired) electrons. The summed E-state index contributed by atoms with van der Waals surface area (Å²) in [4.78, 5) is 20.8. The molecule has 162 valence electrons. The fourth-order valence-electron chi connectivity index (χ4n) is 3.92. The fourth-order valence-corrected chi connectivity index (χ4v) is 4.61. The molecule has 0 saturated heterocycles. The summed E-state index contributed by atoms with van der Waals surface area (Å²) in [6.45, 7) is 1.07. The molecular weight excluding hydrogens is 424 g/mol. The average Bonchev–Trinajstić information content (AvgIpc) is 3.53. The number of benzene rings is 2. The lowest BCUT2D eigenvalue weighted by molar-refractivity contribution is 0.0722. The Morgan fingerprint density at radius 1 is 1.00 bits per heavy atom. The van der Waals surface area contributed by atoms with Gasteiger partial charge in [-0.15, -0.1) is 16.4 Å². The molecule has 2 aromatic heterocycles. The maximum Gasteiger partial charge on any atom is 0.293 e. The molecule has 0 aliphatic carbocycles. The monoisotopic (exact) mass is 446 g/mol. The van der Waals surface area contributed by atoms with Crippen LogP contribution >= 0.6 is 11.3 Å². The number of hydrogen-bond donors (Lipinski definition) is 0. The molecule has 0 bridgehead atoms. The number of thiophene rings is 1. The number of fused-ring (bicyclic) bond motifs is 1. The molecule has 5 rings (SSSR count). The Balaban J connectivity index is 1.48. The predicted octanol–water partition coefficient (Wildman–Crippen LogP) is 4.21. The highest BCUT2D eigenvalue weighted by molar-refractivity contribution is 7.13. The van der Waals surface area contributed by atoms with Crippen molar-refractivity contribution in [1.29, 1.82) is 0 Å². The molecule has 0 N–H and O–H groups in total. The van der Waals surface area contributed by atoms with E-state index in [0.29, 0.717) is 30.4 Å². The quantitative estimate of drug-likeness (QED) is 0.459. The van der Waals surface area contributed by atoms with Gasteiger partial charge in [0.25, 0.3) is 5.91 Å². The third-order valence-corrected chi connectivity index (χ3v) is 6.41. The first-order valence-electron chi connectivity index (χ1n) is 10.3. The number of carbonyl (C=O) groups excluding carboxylic acids is 1. The minimum atomic E-state index is -0.182. The number of aromatic nitrogens is 3. The van der Waals surface area contributed by atoms with Crippen molar-refractivity contribution in [2.24, 2.45) is 0 Å². The van der Waals surface area contributed by atoms with Crippen LogP contribution < -0.4 is 9.47 Å². The van der Waals surface area contributed by atoms with E-state index in [0.717, 1.165) is 28.1 Å². The minimum absolute atomic E-state index is 0.182. The standard InChI is InChI=1S/C24H22N4O3S/c1-30-19-13-16-10-11-27(15-17(16)14-20(19)31-2)24(29)22-25-23(21-9-6-12-32-21)28(26-22)18-7-4-3-5-8-18/h3-9,12-14H,10-11,15H2,1-2H3. The summed E-state index contributed by atoms with van der Waals surface area (Å²) in [5.74, 6) is 2.04. The van der Waals surface area contributed by atoms with Crippen molar-refractivity contribution in [2.75, 3.05) is 20.8 Å². The summed E-state index contributed by atoms with van der Waals surface area (Å²) in [7, 11) is 3.24. The van der Waals surface area contributed by atoms with Crippen LogP contribution in [-0.4, -0.2) is 46.3 Å². The molecule has 4 aromatic rings. The van der Waals surface area contributed by atoms with E-state index in [4.69, 9.17) is 9.47 Å². The molecule has 0 atom stereocenters. The smallest absolute Gasteiger partial charge is 0.293 e. The number of ether oxygens (including phenoxy) is 2. The van der Waals surface area contributed by atoms with Crippen molar-refractivity contribution in [3.63, 3.8) is 0 Å². The van der Waals surface area contributed by atoms with E-state index in [1.54, 1.807) is 35.1 Å². The van der Waals surface area contributed by atoms with E-state index >= 15 is 0 Å². The van der Waals surface area contributed by atoms with Gasteiger partial charge in [0, 0.05) is 13.1 Å². The van der Waals surface area contributed by atoms with Crippen molar-refractivity contribution >= 4 is 17.2 Å². The Bertz CT molecular complexity index is 1250. The first-order valence-corrected chi connectivity index (χ1v) is 11.2. The highest BCUT2D eigenvalue weighted by atomic mass is 32.1. The highest BCUT2D eigenvalue weighted by Gasteiger charge is 2.27. The van der Waals surface area contributed by atoms with Gasteiger partial charge >= 0.3 is 0 Å². The van der Waals surface area contributed by atoms with Crippen LogP contribution in [0.3, 0.4) is 0 Å². The molecule has 0 fully saturated rings. The summed E-state index contributed by atoms with van der Waals surface area (Å²) in [6, 6.07) is 17.6. The second kappa shape index (κ2) is 8.47. The van der Waals surface area contributed by atoms with Gasteiger partial charge in [-0.25, -0.2) is 9.67 Å². The zero-order valence-corrected chi connectivity index (χ0v) is 18.6. The van der Waals surface area contributed by atoms with Crippen LogP contribution in [0.5, 0.6) is 11.5 Å². The summed E-state index contributed by atoms with van der Waals surface area (Å²) in [5, 5.41) is 6.60. The zero-order valence-electron chi connectivity index (χ0n) is 17.8. The summed E-state index contributed by atoms with van der Waals surface area (Å²) < 4.78 is 12.6. The normalized spacial score (nSPS) is 13.0. The predicted molar refractivity (Wildman–Crippen MR) is 123 cm³/mol. The van der Waals surface area contributed by atoms with Gasteiger partial charge in [-0.3, -0.25) is 4.79 Å². The van der Waals surface area contributed by atoms with Gasteiger partial charge < -0.3 is 14.4 Å². The molecular formula is C24H22N4O3S. The Morgan fingerprint density at radius 2 is 1.75 bits per heavy atom. The van der Waals surface area contributed by atoms with E-state index in [-0.39, 0.29) is 11.7 Å². The topological polar surface area (TPSA) is 69.5 Å². The lowest BCUT2D eigenvalue weighted by Gasteiger charge is -2.28. The Hall–Kier alpha value is -3.65.